The number of amides is 1. The fourth-order valence-corrected chi connectivity index (χ4v) is 3.67. The van der Waals surface area contributed by atoms with Gasteiger partial charge in [0.2, 0.25) is 0 Å². The standard InChI is InChI=1S/C22H24N2O4S/c1-13-6-8-16(9-7-13)28-12-20-23-15(3)21(29-20)22(25)24-17-11-19(27-5)18(26-4)10-14(17)2/h6-11H,12H2,1-5H3,(H,24,25). The maximum Gasteiger partial charge on any atom is 0.267 e. The van der Waals surface area contributed by atoms with Crippen LogP contribution < -0.4 is 19.5 Å². The number of aromatic nitrogens is 1. The Hall–Kier alpha value is -3.06. The van der Waals surface area contributed by atoms with E-state index in [-0.39, 0.29) is 5.91 Å². The summed E-state index contributed by atoms with van der Waals surface area (Å²) in [4.78, 5) is 17.8. The van der Waals surface area contributed by atoms with Crippen molar-refractivity contribution >= 4 is 22.9 Å². The van der Waals surface area contributed by atoms with E-state index in [2.05, 4.69) is 10.3 Å². The number of carbonyl (C=O) groups excluding carboxylic acids is 1. The molecule has 3 rings (SSSR count). The van der Waals surface area contributed by atoms with E-state index in [1.54, 1.807) is 20.3 Å². The van der Waals surface area contributed by atoms with Gasteiger partial charge in [-0.2, -0.15) is 0 Å². The maximum absolute atomic E-state index is 12.8. The number of methoxy groups -OCH3 is 2. The summed E-state index contributed by atoms with van der Waals surface area (Å²) in [5, 5.41) is 3.69. The minimum atomic E-state index is -0.211. The number of nitrogens with one attached hydrogen (secondary N) is 1. The van der Waals surface area contributed by atoms with Gasteiger partial charge in [0.05, 0.1) is 19.9 Å². The van der Waals surface area contributed by atoms with Gasteiger partial charge in [0.1, 0.15) is 22.2 Å². The first-order valence-electron chi connectivity index (χ1n) is 9.11. The Morgan fingerprint density at radius 1 is 1.03 bits per heavy atom. The smallest absolute Gasteiger partial charge is 0.267 e. The van der Waals surface area contributed by atoms with E-state index in [0.29, 0.717) is 34.4 Å². The highest BCUT2D eigenvalue weighted by molar-refractivity contribution is 7.13. The summed E-state index contributed by atoms with van der Waals surface area (Å²) in [6, 6.07) is 11.4. The van der Waals surface area contributed by atoms with Crippen LogP contribution in [0.3, 0.4) is 0 Å². The molecule has 3 aromatic rings. The molecule has 0 spiro atoms. The van der Waals surface area contributed by atoms with Crippen molar-refractivity contribution in [2.45, 2.75) is 27.4 Å². The van der Waals surface area contributed by atoms with Crippen molar-refractivity contribution in [1.82, 2.24) is 4.98 Å². The summed E-state index contributed by atoms with van der Waals surface area (Å²) >= 11 is 1.33. The topological polar surface area (TPSA) is 69.7 Å². The zero-order valence-electron chi connectivity index (χ0n) is 17.2. The number of thiazole rings is 1. The second-order valence-corrected chi connectivity index (χ2v) is 7.68. The summed E-state index contributed by atoms with van der Waals surface area (Å²) < 4.78 is 16.4. The van der Waals surface area contributed by atoms with E-state index in [0.717, 1.165) is 16.3 Å². The van der Waals surface area contributed by atoms with Crippen LogP contribution in [0.25, 0.3) is 0 Å². The van der Waals surface area contributed by atoms with Gasteiger partial charge < -0.3 is 19.5 Å². The highest BCUT2D eigenvalue weighted by Gasteiger charge is 2.18. The summed E-state index contributed by atoms with van der Waals surface area (Å²) in [5.41, 5.74) is 3.39. The van der Waals surface area contributed by atoms with Crippen LogP contribution in [-0.2, 0) is 6.61 Å². The van der Waals surface area contributed by atoms with Gasteiger partial charge in [-0.25, -0.2) is 4.98 Å². The van der Waals surface area contributed by atoms with E-state index in [4.69, 9.17) is 14.2 Å². The Kier molecular flexibility index (Phi) is 6.39. The van der Waals surface area contributed by atoms with E-state index in [1.807, 2.05) is 51.1 Å². The lowest BCUT2D eigenvalue weighted by atomic mass is 10.1. The third-order valence-corrected chi connectivity index (χ3v) is 5.54. The Morgan fingerprint density at radius 2 is 1.69 bits per heavy atom. The van der Waals surface area contributed by atoms with Crippen LogP contribution in [0.2, 0.25) is 0 Å². The number of hydrogen-bond donors (Lipinski definition) is 1. The average molecular weight is 413 g/mol. The largest absolute Gasteiger partial charge is 0.493 e. The van der Waals surface area contributed by atoms with E-state index in [9.17, 15) is 4.79 Å². The number of carbonyl (C=O) groups is 1. The highest BCUT2D eigenvalue weighted by Crippen LogP contribution is 2.33. The minimum absolute atomic E-state index is 0.211. The van der Waals surface area contributed by atoms with Crippen molar-refractivity contribution in [3.8, 4) is 17.2 Å². The SMILES string of the molecule is COc1cc(C)c(NC(=O)c2sc(COc3ccc(C)cc3)nc2C)cc1OC. The first-order valence-corrected chi connectivity index (χ1v) is 9.92. The van der Waals surface area contributed by atoms with Crippen molar-refractivity contribution in [3.05, 3.63) is 63.1 Å². The van der Waals surface area contributed by atoms with Gasteiger partial charge in [-0.3, -0.25) is 4.79 Å². The maximum atomic E-state index is 12.8. The second kappa shape index (κ2) is 8.96. The number of hydrogen-bond acceptors (Lipinski definition) is 6. The number of ether oxygens (including phenoxy) is 3. The molecule has 0 saturated heterocycles. The summed E-state index contributed by atoms with van der Waals surface area (Å²) in [5.74, 6) is 1.74. The fourth-order valence-electron chi connectivity index (χ4n) is 2.80. The van der Waals surface area contributed by atoms with Gasteiger partial charge in [0, 0.05) is 11.8 Å². The van der Waals surface area contributed by atoms with Crippen molar-refractivity contribution in [1.29, 1.82) is 0 Å². The summed E-state index contributed by atoms with van der Waals surface area (Å²) in [7, 11) is 3.14. The number of rotatable bonds is 7. The van der Waals surface area contributed by atoms with Gasteiger partial charge in [-0.1, -0.05) is 17.7 Å². The molecule has 1 N–H and O–H groups in total. The minimum Gasteiger partial charge on any atom is -0.493 e. The monoisotopic (exact) mass is 412 g/mol. The molecule has 0 saturated carbocycles. The first-order chi connectivity index (χ1) is 13.9. The molecule has 0 atom stereocenters. The average Bonchev–Trinajstić information content (AvgIpc) is 3.09. The molecule has 2 aromatic carbocycles. The van der Waals surface area contributed by atoms with Crippen molar-refractivity contribution in [2.75, 3.05) is 19.5 Å². The molecule has 0 bridgehead atoms. The Morgan fingerprint density at radius 3 is 2.34 bits per heavy atom. The van der Waals surface area contributed by atoms with Gasteiger partial charge in [0.15, 0.2) is 11.5 Å². The third kappa shape index (κ3) is 4.86. The molecule has 1 heterocycles. The lowest BCUT2D eigenvalue weighted by Gasteiger charge is -2.13. The normalized spacial score (nSPS) is 10.5. The molecular weight excluding hydrogens is 388 g/mol. The molecule has 0 fully saturated rings. The van der Waals surface area contributed by atoms with Crippen LogP contribution >= 0.6 is 11.3 Å². The Labute approximate surface area is 174 Å². The molecule has 0 radical (unpaired) electrons. The van der Waals surface area contributed by atoms with E-state index >= 15 is 0 Å². The molecule has 152 valence electrons. The molecule has 6 nitrogen and oxygen atoms in total. The molecule has 7 heteroatoms. The third-order valence-electron chi connectivity index (χ3n) is 4.41. The van der Waals surface area contributed by atoms with E-state index in [1.165, 1.54) is 16.9 Å². The van der Waals surface area contributed by atoms with Crippen molar-refractivity contribution in [2.24, 2.45) is 0 Å². The first kappa shape index (κ1) is 20.7. The van der Waals surface area contributed by atoms with Crippen molar-refractivity contribution in [3.63, 3.8) is 0 Å². The van der Waals surface area contributed by atoms with E-state index < -0.39 is 0 Å². The molecule has 1 aromatic heterocycles. The summed E-state index contributed by atoms with van der Waals surface area (Å²) in [6.07, 6.45) is 0. The van der Waals surface area contributed by atoms with Crippen LogP contribution in [0.5, 0.6) is 17.2 Å². The molecular formula is C22H24N2O4S. The van der Waals surface area contributed by atoms with Gasteiger partial charge in [-0.15, -0.1) is 11.3 Å². The molecule has 0 aliphatic rings. The molecule has 1 amide bonds. The number of aryl methyl sites for hydroxylation is 3. The zero-order chi connectivity index (χ0) is 21.0. The molecule has 29 heavy (non-hydrogen) atoms. The van der Waals surface area contributed by atoms with Gasteiger partial charge in [-0.05, 0) is 44.5 Å². The highest BCUT2D eigenvalue weighted by atomic mass is 32.1. The van der Waals surface area contributed by atoms with Crippen LogP contribution in [0, 0.1) is 20.8 Å². The van der Waals surface area contributed by atoms with Gasteiger partial charge >= 0.3 is 0 Å². The Balaban J connectivity index is 1.72. The fraction of sp³-hybridized carbons (Fsp3) is 0.273. The predicted octanol–water partition coefficient (Wildman–Crippen LogP) is 4.92. The lowest BCUT2D eigenvalue weighted by molar-refractivity contribution is 0.102. The van der Waals surface area contributed by atoms with Gasteiger partial charge in [0.25, 0.3) is 5.91 Å². The summed E-state index contributed by atoms with van der Waals surface area (Å²) in [6.45, 7) is 6.07. The zero-order valence-corrected chi connectivity index (χ0v) is 18.0. The lowest BCUT2D eigenvalue weighted by Crippen LogP contribution is -2.12. The van der Waals surface area contributed by atoms with Crippen LogP contribution in [-0.4, -0.2) is 25.1 Å². The number of nitrogens with zero attached hydrogens (tertiary/aromatic N) is 1. The van der Waals surface area contributed by atoms with Crippen LogP contribution in [0.1, 0.15) is 31.5 Å². The molecule has 0 aliphatic carbocycles. The van der Waals surface area contributed by atoms with Crippen LogP contribution in [0.15, 0.2) is 36.4 Å². The van der Waals surface area contributed by atoms with Crippen LogP contribution in [0.4, 0.5) is 5.69 Å². The number of benzene rings is 2. The second-order valence-electron chi connectivity index (χ2n) is 6.60. The predicted molar refractivity (Wildman–Crippen MR) is 115 cm³/mol. The quantitative estimate of drug-likeness (QED) is 0.597. The Bertz CT molecular complexity index is 1010. The van der Waals surface area contributed by atoms with Crippen molar-refractivity contribution < 1.29 is 19.0 Å². The number of anilines is 1. The molecule has 0 unspecified atom stereocenters. The molecule has 0 aliphatic heterocycles.